The predicted molar refractivity (Wildman–Crippen MR) is 118 cm³/mol. The van der Waals surface area contributed by atoms with Gasteiger partial charge in [0.15, 0.2) is 0 Å². The van der Waals surface area contributed by atoms with E-state index < -0.39 is 5.91 Å². The van der Waals surface area contributed by atoms with Crippen LogP contribution in [0.15, 0.2) is 42.5 Å². The highest BCUT2D eigenvalue weighted by molar-refractivity contribution is 6.35. The fourth-order valence-corrected chi connectivity index (χ4v) is 3.68. The lowest BCUT2D eigenvalue weighted by atomic mass is 9.95. The fraction of sp³-hybridized carbons (Fsp3) is 0.286. The molecule has 0 aliphatic carbocycles. The van der Waals surface area contributed by atoms with Crippen LogP contribution in [0.2, 0.25) is 15.1 Å². The Morgan fingerprint density at radius 3 is 2.23 bits per heavy atom. The molecule has 1 aliphatic rings. The predicted octanol–water partition coefficient (Wildman–Crippen LogP) is 4.25. The maximum Gasteiger partial charge on any atom is 0.253 e. The lowest BCUT2D eigenvalue weighted by Gasteiger charge is -2.31. The van der Waals surface area contributed by atoms with Gasteiger partial charge in [0.2, 0.25) is 11.8 Å². The van der Waals surface area contributed by atoms with Crippen molar-refractivity contribution in [3.8, 4) is 0 Å². The minimum atomic E-state index is -0.400. The standard InChI is InChI=1S/C21H20Cl3N3O3/c22-15-3-1-14(2-4-15)21(30)27-9-7-13(8-10-27)20(29)25-12-19(28)26-18-11-16(23)5-6-17(18)24/h1-6,11,13H,7-10,12H2,(H,25,29)(H,26,28). The van der Waals surface area contributed by atoms with E-state index in [-0.39, 0.29) is 24.3 Å². The average Bonchev–Trinajstić information content (AvgIpc) is 2.75. The summed E-state index contributed by atoms with van der Waals surface area (Å²) in [5.41, 5.74) is 0.955. The van der Waals surface area contributed by atoms with Crippen LogP contribution in [0.5, 0.6) is 0 Å². The molecule has 0 bridgehead atoms. The fourth-order valence-electron chi connectivity index (χ4n) is 3.22. The van der Waals surface area contributed by atoms with Crippen LogP contribution in [0, 0.1) is 5.92 Å². The Bertz CT molecular complexity index is 942. The van der Waals surface area contributed by atoms with E-state index in [1.807, 2.05) is 0 Å². The maximum atomic E-state index is 12.5. The number of benzene rings is 2. The number of rotatable bonds is 5. The van der Waals surface area contributed by atoms with Gasteiger partial charge < -0.3 is 15.5 Å². The van der Waals surface area contributed by atoms with Crippen molar-refractivity contribution in [2.24, 2.45) is 5.92 Å². The zero-order valence-corrected chi connectivity index (χ0v) is 18.2. The molecule has 1 fully saturated rings. The second-order valence-corrected chi connectivity index (χ2v) is 8.24. The average molecular weight is 469 g/mol. The van der Waals surface area contributed by atoms with E-state index in [0.29, 0.717) is 52.2 Å². The van der Waals surface area contributed by atoms with Gasteiger partial charge in [-0.1, -0.05) is 34.8 Å². The van der Waals surface area contributed by atoms with Crippen LogP contribution in [0.1, 0.15) is 23.2 Å². The third-order valence-corrected chi connectivity index (χ3v) is 5.69. The second kappa shape index (κ2) is 10.2. The van der Waals surface area contributed by atoms with Crippen LogP contribution in [-0.2, 0) is 9.59 Å². The first kappa shape index (κ1) is 22.4. The molecule has 3 amide bonds. The summed E-state index contributed by atoms with van der Waals surface area (Å²) >= 11 is 17.8. The van der Waals surface area contributed by atoms with Crippen LogP contribution in [0.4, 0.5) is 5.69 Å². The number of hydrogen-bond acceptors (Lipinski definition) is 3. The molecular weight excluding hydrogens is 449 g/mol. The molecule has 0 saturated carbocycles. The Morgan fingerprint density at radius 1 is 0.933 bits per heavy atom. The van der Waals surface area contributed by atoms with E-state index in [4.69, 9.17) is 34.8 Å². The number of carbonyl (C=O) groups excluding carboxylic acids is 3. The molecule has 30 heavy (non-hydrogen) atoms. The van der Waals surface area contributed by atoms with Crippen LogP contribution in [0.25, 0.3) is 0 Å². The summed E-state index contributed by atoms with van der Waals surface area (Å²) in [6, 6.07) is 11.5. The highest BCUT2D eigenvalue weighted by Gasteiger charge is 2.28. The van der Waals surface area contributed by atoms with Gasteiger partial charge in [0.25, 0.3) is 5.91 Å². The summed E-state index contributed by atoms with van der Waals surface area (Å²) in [6.45, 7) is 0.777. The van der Waals surface area contributed by atoms with E-state index in [1.165, 1.54) is 6.07 Å². The van der Waals surface area contributed by atoms with Crippen molar-refractivity contribution in [3.63, 3.8) is 0 Å². The Kier molecular flexibility index (Phi) is 7.58. The van der Waals surface area contributed by atoms with Crippen molar-refractivity contribution in [3.05, 3.63) is 63.1 Å². The normalized spacial score (nSPS) is 14.3. The van der Waals surface area contributed by atoms with Crippen molar-refractivity contribution < 1.29 is 14.4 Å². The maximum absolute atomic E-state index is 12.5. The number of anilines is 1. The van der Waals surface area contributed by atoms with Crippen LogP contribution < -0.4 is 10.6 Å². The molecule has 1 aliphatic heterocycles. The minimum Gasteiger partial charge on any atom is -0.347 e. The van der Waals surface area contributed by atoms with Gasteiger partial charge in [-0.2, -0.15) is 0 Å². The highest BCUT2D eigenvalue weighted by atomic mass is 35.5. The van der Waals surface area contributed by atoms with E-state index in [0.717, 1.165) is 0 Å². The molecule has 3 rings (SSSR count). The number of nitrogens with zero attached hydrogens (tertiary/aromatic N) is 1. The molecular formula is C21H20Cl3N3O3. The third-order valence-electron chi connectivity index (χ3n) is 4.87. The topological polar surface area (TPSA) is 78.5 Å². The summed E-state index contributed by atoms with van der Waals surface area (Å²) in [5, 5.41) is 6.64. The Balaban J connectivity index is 1.45. The van der Waals surface area contributed by atoms with Crippen LogP contribution >= 0.6 is 34.8 Å². The molecule has 2 aromatic carbocycles. The molecule has 2 aromatic rings. The number of carbonyl (C=O) groups is 3. The van der Waals surface area contributed by atoms with Gasteiger partial charge in [-0.25, -0.2) is 0 Å². The molecule has 2 N–H and O–H groups in total. The van der Waals surface area contributed by atoms with Gasteiger partial charge in [-0.3, -0.25) is 14.4 Å². The summed E-state index contributed by atoms with van der Waals surface area (Å²) < 4.78 is 0. The summed E-state index contributed by atoms with van der Waals surface area (Å²) in [4.78, 5) is 38.8. The summed E-state index contributed by atoms with van der Waals surface area (Å²) in [5.74, 6) is -0.936. The minimum absolute atomic E-state index is 0.0803. The zero-order chi connectivity index (χ0) is 21.7. The number of halogens is 3. The Labute approximate surface area is 189 Å². The number of hydrogen-bond donors (Lipinski definition) is 2. The van der Waals surface area contributed by atoms with E-state index >= 15 is 0 Å². The van der Waals surface area contributed by atoms with Gasteiger partial charge in [0.05, 0.1) is 17.3 Å². The lowest BCUT2D eigenvalue weighted by Crippen LogP contribution is -2.44. The van der Waals surface area contributed by atoms with Crippen molar-refractivity contribution >= 4 is 58.2 Å². The van der Waals surface area contributed by atoms with Gasteiger partial charge in [-0.15, -0.1) is 0 Å². The molecule has 0 radical (unpaired) electrons. The number of nitrogens with one attached hydrogen (secondary N) is 2. The second-order valence-electron chi connectivity index (χ2n) is 6.96. The zero-order valence-electron chi connectivity index (χ0n) is 16.0. The highest BCUT2D eigenvalue weighted by Crippen LogP contribution is 2.25. The molecule has 0 spiro atoms. The summed E-state index contributed by atoms with van der Waals surface area (Å²) in [6.07, 6.45) is 1.07. The van der Waals surface area contributed by atoms with Crippen molar-refractivity contribution in [2.75, 3.05) is 25.0 Å². The third kappa shape index (κ3) is 5.88. The smallest absolute Gasteiger partial charge is 0.253 e. The van der Waals surface area contributed by atoms with Crippen molar-refractivity contribution in [2.45, 2.75) is 12.8 Å². The van der Waals surface area contributed by atoms with Gasteiger partial charge >= 0.3 is 0 Å². The monoisotopic (exact) mass is 467 g/mol. The number of amides is 3. The van der Waals surface area contributed by atoms with Crippen molar-refractivity contribution in [1.82, 2.24) is 10.2 Å². The molecule has 158 valence electrons. The Morgan fingerprint density at radius 2 is 1.57 bits per heavy atom. The molecule has 1 saturated heterocycles. The van der Waals surface area contributed by atoms with E-state index in [9.17, 15) is 14.4 Å². The molecule has 6 nitrogen and oxygen atoms in total. The van der Waals surface area contributed by atoms with E-state index in [2.05, 4.69) is 10.6 Å². The molecule has 0 aromatic heterocycles. The first-order valence-corrected chi connectivity index (χ1v) is 10.5. The molecule has 0 atom stereocenters. The summed E-state index contributed by atoms with van der Waals surface area (Å²) in [7, 11) is 0. The van der Waals surface area contributed by atoms with Crippen LogP contribution in [0.3, 0.4) is 0 Å². The SMILES string of the molecule is O=C(CNC(=O)C1CCN(C(=O)c2ccc(Cl)cc2)CC1)Nc1cc(Cl)ccc1Cl. The molecule has 1 heterocycles. The van der Waals surface area contributed by atoms with E-state index in [1.54, 1.807) is 41.3 Å². The van der Waals surface area contributed by atoms with Crippen molar-refractivity contribution in [1.29, 1.82) is 0 Å². The quantitative estimate of drug-likeness (QED) is 0.688. The number of likely N-dealkylation sites (tertiary alicyclic amines) is 1. The molecule has 9 heteroatoms. The number of piperidine rings is 1. The lowest BCUT2D eigenvalue weighted by molar-refractivity contribution is -0.128. The molecule has 0 unspecified atom stereocenters. The van der Waals surface area contributed by atoms with Gasteiger partial charge in [0, 0.05) is 34.6 Å². The largest absolute Gasteiger partial charge is 0.347 e. The first-order chi connectivity index (χ1) is 14.3. The Hall–Kier alpha value is -2.28. The first-order valence-electron chi connectivity index (χ1n) is 9.41. The van der Waals surface area contributed by atoms with Gasteiger partial charge in [-0.05, 0) is 55.3 Å². The van der Waals surface area contributed by atoms with Gasteiger partial charge in [0.1, 0.15) is 0 Å². The van der Waals surface area contributed by atoms with Crippen LogP contribution in [-0.4, -0.2) is 42.3 Å².